The molecule has 0 aromatic heterocycles. The van der Waals surface area contributed by atoms with Crippen LogP contribution in [0.25, 0.3) is 0 Å². The lowest BCUT2D eigenvalue weighted by Crippen LogP contribution is -2.48. The maximum absolute atomic E-state index is 13.0. The molecule has 250 valence electrons. The van der Waals surface area contributed by atoms with Crippen LogP contribution >= 0.6 is 23.2 Å². The second kappa shape index (κ2) is 13.7. The third-order valence-electron chi connectivity index (χ3n) is 9.09. The first-order chi connectivity index (χ1) is 21.1. The van der Waals surface area contributed by atoms with Crippen LogP contribution in [0.15, 0.2) is 58.3 Å². The van der Waals surface area contributed by atoms with Gasteiger partial charge in [0, 0.05) is 22.1 Å². The average molecular weight is 742 g/mol. The first kappa shape index (κ1) is 35.1. The predicted octanol–water partition coefficient (Wildman–Crippen LogP) is 3.14. The van der Waals surface area contributed by atoms with E-state index in [1.165, 1.54) is 48.5 Å². The van der Waals surface area contributed by atoms with Gasteiger partial charge in [0.05, 0.1) is 43.3 Å². The number of sulfone groups is 4. The van der Waals surface area contributed by atoms with E-state index in [2.05, 4.69) is 0 Å². The summed E-state index contributed by atoms with van der Waals surface area (Å²) in [5.41, 5.74) is 0. The van der Waals surface area contributed by atoms with Gasteiger partial charge in [-0.25, -0.2) is 33.7 Å². The van der Waals surface area contributed by atoms with E-state index in [0.29, 0.717) is 10.0 Å². The van der Waals surface area contributed by atoms with Gasteiger partial charge in [0.15, 0.2) is 39.3 Å². The summed E-state index contributed by atoms with van der Waals surface area (Å²) in [5, 5.41) is -0.881. The van der Waals surface area contributed by atoms with Crippen molar-refractivity contribution in [3.63, 3.8) is 0 Å². The Bertz CT molecular complexity index is 1790. The number of piperidine rings is 1. The molecule has 2 aromatic rings. The minimum atomic E-state index is -3.70. The Hall–Kier alpha value is -1.26. The van der Waals surface area contributed by atoms with Crippen molar-refractivity contribution < 1.29 is 33.7 Å². The summed E-state index contributed by atoms with van der Waals surface area (Å²) >= 11 is 11.6. The molecule has 0 saturated carbocycles. The van der Waals surface area contributed by atoms with Crippen LogP contribution in [0.2, 0.25) is 10.0 Å². The van der Waals surface area contributed by atoms with E-state index < -0.39 is 61.9 Å². The highest BCUT2D eigenvalue weighted by atomic mass is 35.5. The van der Waals surface area contributed by atoms with Crippen LogP contribution in [-0.4, -0.2) is 115 Å². The number of halogens is 2. The first-order valence-electron chi connectivity index (χ1n) is 15.0. The Kier molecular flexibility index (Phi) is 10.7. The molecular formula is C29H38Cl2N2O8S4. The minimum absolute atomic E-state index is 0.0650. The quantitative estimate of drug-likeness (QED) is 0.434. The van der Waals surface area contributed by atoms with Gasteiger partial charge in [0.25, 0.3) is 0 Å². The second-order valence-corrected chi connectivity index (χ2v) is 21.7. The number of hydrogen-bond acceptors (Lipinski definition) is 10. The van der Waals surface area contributed by atoms with Gasteiger partial charge in [0.1, 0.15) is 0 Å². The Morgan fingerprint density at radius 2 is 0.822 bits per heavy atom. The zero-order valence-electron chi connectivity index (χ0n) is 24.7. The molecular weight excluding hydrogens is 703 g/mol. The Balaban J connectivity index is 0.000000178. The number of benzene rings is 2. The van der Waals surface area contributed by atoms with Crippen molar-refractivity contribution in [1.29, 1.82) is 0 Å². The highest BCUT2D eigenvalue weighted by Gasteiger charge is 2.49. The van der Waals surface area contributed by atoms with E-state index >= 15 is 0 Å². The predicted molar refractivity (Wildman–Crippen MR) is 176 cm³/mol. The molecule has 4 aliphatic rings. The van der Waals surface area contributed by atoms with Gasteiger partial charge in [-0.2, -0.15) is 0 Å². The van der Waals surface area contributed by atoms with E-state index in [-0.39, 0.29) is 32.8 Å². The van der Waals surface area contributed by atoms with Crippen molar-refractivity contribution >= 4 is 62.6 Å². The number of rotatable bonds is 6. The molecule has 0 bridgehead atoms. The SMILES string of the molecule is O=S1(=O)C[C@H](N2CCCC2)[C@@H](S(=O)(=O)c2ccc(Cl)cc2)C1.O=S1(=O)C[C@H](N2CCCCC2)[C@@H](S(=O)(=O)c2ccc(Cl)cc2)C1. The molecule has 0 N–H and O–H groups in total. The van der Waals surface area contributed by atoms with E-state index in [1.807, 2.05) is 9.80 Å². The lowest BCUT2D eigenvalue weighted by atomic mass is 10.1. The summed E-state index contributed by atoms with van der Waals surface area (Å²) in [6, 6.07) is 11.0. The molecule has 4 aliphatic heterocycles. The van der Waals surface area contributed by atoms with Crippen molar-refractivity contribution in [3.05, 3.63) is 58.6 Å². The molecule has 10 nitrogen and oxygen atoms in total. The van der Waals surface area contributed by atoms with Gasteiger partial charge in [-0.3, -0.25) is 9.80 Å². The van der Waals surface area contributed by atoms with Crippen molar-refractivity contribution in [2.45, 2.75) is 64.5 Å². The normalized spacial score (nSPS) is 28.8. The second-order valence-electron chi connectivity index (χ2n) is 12.2. The molecule has 0 amide bonds. The lowest BCUT2D eigenvalue weighted by molar-refractivity contribution is 0.178. The number of hydrogen-bond donors (Lipinski definition) is 0. The highest BCUT2D eigenvalue weighted by molar-refractivity contribution is 7.97. The summed E-state index contributed by atoms with van der Waals surface area (Å²) in [7, 11) is -14.1. The van der Waals surface area contributed by atoms with Crippen molar-refractivity contribution in [1.82, 2.24) is 9.80 Å². The number of likely N-dealkylation sites (tertiary alicyclic amines) is 2. The van der Waals surface area contributed by atoms with Gasteiger partial charge >= 0.3 is 0 Å². The summed E-state index contributed by atoms with van der Waals surface area (Å²) in [5.74, 6) is -0.715. The molecule has 0 aliphatic carbocycles. The van der Waals surface area contributed by atoms with E-state index in [0.717, 1.165) is 58.3 Å². The largest absolute Gasteiger partial charge is 0.298 e. The fraction of sp³-hybridized carbons (Fsp3) is 0.586. The molecule has 0 radical (unpaired) electrons. The molecule has 4 fully saturated rings. The smallest absolute Gasteiger partial charge is 0.183 e. The molecule has 0 spiro atoms. The maximum atomic E-state index is 13.0. The van der Waals surface area contributed by atoms with E-state index in [9.17, 15) is 33.7 Å². The van der Waals surface area contributed by atoms with Crippen LogP contribution < -0.4 is 0 Å². The molecule has 0 unspecified atom stereocenters. The Morgan fingerprint density at radius 3 is 1.16 bits per heavy atom. The summed E-state index contributed by atoms with van der Waals surface area (Å²) < 4.78 is 99.9. The molecule has 4 heterocycles. The lowest BCUT2D eigenvalue weighted by Gasteiger charge is -2.34. The van der Waals surface area contributed by atoms with Crippen molar-refractivity contribution in [2.24, 2.45) is 0 Å². The fourth-order valence-corrected chi connectivity index (χ4v) is 16.7. The molecule has 4 saturated heterocycles. The molecule has 45 heavy (non-hydrogen) atoms. The van der Waals surface area contributed by atoms with Crippen LogP contribution in [0.1, 0.15) is 32.1 Å². The Labute approximate surface area is 276 Å². The standard InChI is InChI=1S/C15H20ClNO4S2.C14H18ClNO4S2/c16-12-4-6-13(7-5-12)23(20,21)15-11-22(18,19)10-14(15)17-8-2-1-3-9-17;15-11-3-5-12(6-4-11)22(19,20)14-10-21(17,18)9-13(14)16-7-1-2-8-16/h4-7,14-15H,1-3,8-11H2;3-6,13-14H,1-2,7-10H2/t14-,15-;13-,14-/m00/s1. The van der Waals surface area contributed by atoms with Gasteiger partial charge in [0.2, 0.25) is 0 Å². The number of nitrogens with zero attached hydrogens (tertiary/aromatic N) is 2. The fourth-order valence-electron chi connectivity index (χ4n) is 6.79. The third kappa shape index (κ3) is 8.07. The van der Waals surface area contributed by atoms with Crippen molar-refractivity contribution in [2.75, 3.05) is 49.2 Å². The summed E-state index contributed by atoms with van der Waals surface area (Å²) in [6.07, 6.45) is 5.08. The molecule has 4 atom stereocenters. The molecule has 6 rings (SSSR count). The van der Waals surface area contributed by atoms with Crippen molar-refractivity contribution in [3.8, 4) is 0 Å². The van der Waals surface area contributed by atoms with Gasteiger partial charge in [-0.1, -0.05) is 29.6 Å². The van der Waals surface area contributed by atoms with Crippen LogP contribution in [0, 0.1) is 0 Å². The zero-order chi connectivity index (χ0) is 32.6. The maximum Gasteiger partial charge on any atom is 0.183 e. The van der Waals surface area contributed by atoms with Crippen LogP contribution in [-0.2, 0) is 39.3 Å². The van der Waals surface area contributed by atoms with Crippen LogP contribution in [0.3, 0.4) is 0 Å². The highest BCUT2D eigenvalue weighted by Crippen LogP contribution is 2.32. The molecule has 16 heteroatoms. The zero-order valence-corrected chi connectivity index (χ0v) is 29.4. The van der Waals surface area contributed by atoms with Crippen LogP contribution in [0.5, 0.6) is 0 Å². The molecule has 2 aromatic carbocycles. The van der Waals surface area contributed by atoms with E-state index in [4.69, 9.17) is 23.2 Å². The average Bonchev–Trinajstić information content (AvgIpc) is 3.72. The summed E-state index contributed by atoms with van der Waals surface area (Å²) in [6.45, 7) is 3.08. The minimum Gasteiger partial charge on any atom is -0.298 e. The monoisotopic (exact) mass is 740 g/mol. The topological polar surface area (TPSA) is 143 Å². The van der Waals surface area contributed by atoms with Gasteiger partial charge in [-0.15, -0.1) is 0 Å². The van der Waals surface area contributed by atoms with Crippen LogP contribution in [0.4, 0.5) is 0 Å². The third-order valence-corrected chi connectivity index (χ3v) is 17.9. The van der Waals surface area contributed by atoms with Gasteiger partial charge < -0.3 is 0 Å². The first-order valence-corrected chi connectivity index (χ1v) is 22.5. The van der Waals surface area contributed by atoms with Gasteiger partial charge in [-0.05, 0) is 100 Å². The Morgan fingerprint density at radius 1 is 0.511 bits per heavy atom. The summed E-state index contributed by atoms with van der Waals surface area (Å²) in [4.78, 5) is 4.35. The van der Waals surface area contributed by atoms with E-state index in [1.54, 1.807) is 0 Å².